The zero-order chi connectivity index (χ0) is 19.0. The summed E-state index contributed by atoms with van der Waals surface area (Å²) in [5.74, 6) is 0.512. The van der Waals surface area contributed by atoms with Gasteiger partial charge in [0.05, 0.1) is 18.8 Å². The zero-order valence-electron chi connectivity index (χ0n) is 15.2. The van der Waals surface area contributed by atoms with Gasteiger partial charge in [-0.15, -0.1) is 0 Å². The monoisotopic (exact) mass is 370 g/mol. The second-order valence-electron chi connectivity index (χ2n) is 6.86. The van der Waals surface area contributed by atoms with Gasteiger partial charge >= 0.3 is 0 Å². The highest BCUT2D eigenvalue weighted by Gasteiger charge is 2.55. The maximum absolute atomic E-state index is 12.9. The van der Waals surface area contributed by atoms with Gasteiger partial charge in [0, 0.05) is 38.1 Å². The van der Waals surface area contributed by atoms with E-state index in [2.05, 4.69) is 10.6 Å². The third-order valence-electron chi connectivity index (χ3n) is 5.28. The number of furan rings is 1. The molecule has 2 fully saturated rings. The van der Waals surface area contributed by atoms with E-state index in [1.54, 1.807) is 7.11 Å². The number of rotatable bonds is 6. The molecule has 2 aromatic rings. The van der Waals surface area contributed by atoms with Crippen LogP contribution >= 0.6 is 0 Å². The first-order chi connectivity index (χ1) is 13.1. The van der Waals surface area contributed by atoms with E-state index in [1.165, 1.54) is 13.1 Å². The molecule has 0 bridgehead atoms. The first kappa shape index (κ1) is 17.8. The van der Waals surface area contributed by atoms with Gasteiger partial charge in [-0.05, 0) is 5.56 Å². The fourth-order valence-electron chi connectivity index (χ4n) is 3.72. The lowest BCUT2D eigenvalue weighted by Crippen LogP contribution is -2.30. The van der Waals surface area contributed by atoms with Crippen molar-refractivity contribution in [3.63, 3.8) is 0 Å². The Hall–Kier alpha value is -2.64. The van der Waals surface area contributed by atoms with Gasteiger partial charge in [0.25, 0.3) is 11.8 Å². The molecular formula is C20H22N2O5. The minimum absolute atomic E-state index is 0.0787. The van der Waals surface area contributed by atoms with Crippen LogP contribution in [-0.4, -0.2) is 45.2 Å². The van der Waals surface area contributed by atoms with Gasteiger partial charge in [-0.1, -0.05) is 30.3 Å². The normalized spacial score (nSPS) is 24.1. The number of nitrogens with one attached hydrogen (secondary N) is 2. The predicted molar refractivity (Wildman–Crippen MR) is 96.4 cm³/mol. The Kier molecular flexibility index (Phi) is 4.72. The molecular weight excluding hydrogens is 348 g/mol. The molecule has 7 heteroatoms. The van der Waals surface area contributed by atoms with Crippen molar-refractivity contribution in [1.82, 2.24) is 10.6 Å². The van der Waals surface area contributed by atoms with Gasteiger partial charge < -0.3 is 24.5 Å². The van der Waals surface area contributed by atoms with Crippen molar-refractivity contribution in [2.45, 2.75) is 12.1 Å². The van der Waals surface area contributed by atoms with Crippen LogP contribution in [0.5, 0.6) is 0 Å². The topological polar surface area (TPSA) is 89.8 Å². The molecule has 2 heterocycles. The van der Waals surface area contributed by atoms with E-state index >= 15 is 0 Å². The Labute approximate surface area is 157 Å². The molecule has 2 amide bonds. The highest BCUT2D eigenvalue weighted by Crippen LogP contribution is 2.44. The molecule has 7 nitrogen and oxygen atoms in total. The molecule has 0 spiro atoms. The molecule has 2 aliphatic rings. The molecule has 1 saturated carbocycles. The number of carbonyl (C=O) groups is 2. The van der Waals surface area contributed by atoms with Crippen molar-refractivity contribution in [2.24, 2.45) is 11.8 Å². The number of hydrogen-bond acceptors (Lipinski definition) is 5. The predicted octanol–water partition coefficient (Wildman–Crippen LogP) is 1.75. The quantitative estimate of drug-likeness (QED) is 0.809. The largest absolute Gasteiger partial charge is 0.452 e. The third kappa shape index (κ3) is 3.24. The Morgan fingerprint density at radius 2 is 1.85 bits per heavy atom. The lowest BCUT2D eigenvalue weighted by molar-refractivity contribution is 0.0877. The van der Waals surface area contributed by atoms with E-state index in [0.29, 0.717) is 36.4 Å². The van der Waals surface area contributed by atoms with E-state index in [4.69, 9.17) is 13.9 Å². The lowest BCUT2D eigenvalue weighted by atomic mass is 10.0. The molecule has 142 valence electrons. The number of amides is 2. The van der Waals surface area contributed by atoms with Crippen LogP contribution < -0.4 is 10.6 Å². The first-order valence-corrected chi connectivity index (χ1v) is 8.96. The van der Waals surface area contributed by atoms with E-state index < -0.39 is 12.0 Å². The van der Waals surface area contributed by atoms with Crippen LogP contribution in [0.3, 0.4) is 0 Å². The SMILES string of the molecule is CNC(=O)c1cc(C(=O)N[C@H]2[C@@H]3COC[C@@H]32)c(C(OC)c2ccccc2)o1. The Morgan fingerprint density at radius 1 is 1.15 bits per heavy atom. The van der Waals surface area contributed by atoms with Gasteiger partial charge in [0.1, 0.15) is 6.10 Å². The van der Waals surface area contributed by atoms with Crippen molar-refractivity contribution in [3.8, 4) is 0 Å². The van der Waals surface area contributed by atoms with Crippen molar-refractivity contribution < 1.29 is 23.5 Å². The summed E-state index contributed by atoms with van der Waals surface area (Å²) < 4.78 is 16.7. The van der Waals surface area contributed by atoms with Gasteiger partial charge in [-0.3, -0.25) is 9.59 Å². The smallest absolute Gasteiger partial charge is 0.286 e. The summed E-state index contributed by atoms with van der Waals surface area (Å²) in [4.78, 5) is 25.0. The summed E-state index contributed by atoms with van der Waals surface area (Å²) in [6, 6.07) is 11.0. The molecule has 1 aliphatic carbocycles. The number of benzene rings is 1. The van der Waals surface area contributed by atoms with Crippen LogP contribution in [0.15, 0.2) is 40.8 Å². The van der Waals surface area contributed by atoms with E-state index in [-0.39, 0.29) is 17.7 Å². The van der Waals surface area contributed by atoms with Gasteiger partial charge in [0.15, 0.2) is 11.5 Å². The van der Waals surface area contributed by atoms with Crippen LogP contribution in [0.25, 0.3) is 0 Å². The maximum Gasteiger partial charge on any atom is 0.286 e. The van der Waals surface area contributed by atoms with Crippen LogP contribution in [0.2, 0.25) is 0 Å². The minimum atomic E-state index is -0.590. The van der Waals surface area contributed by atoms with Crippen molar-refractivity contribution in [3.05, 3.63) is 59.0 Å². The van der Waals surface area contributed by atoms with Crippen molar-refractivity contribution in [1.29, 1.82) is 0 Å². The fraction of sp³-hybridized carbons (Fsp3) is 0.400. The Morgan fingerprint density at radius 3 is 2.48 bits per heavy atom. The summed E-state index contributed by atoms with van der Waals surface area (Å²) in [7, 11) is 3.06. The molecule has 1 aromatic carbocycles. The van der Waals surface area contributed by atoms with Crippen LogP contribution in [0.1, 0.15) is 38.3 Å². The lowest BCUT2D eigenvalue weighted by Gasteiger charge is -2.15. The summed E-state index contributed by atoms with van der Waals surface area (Å²) in [5, 5.41) is 5.57. The zero-order valence-corrected chi connectivity index (χ0v) is 15.2. The standard InChI is InChI=1S/C20H22N2O5/c1-21-20(24)15-8-12(19(23)22-16-13-9-26-10-14(13)16)18(27-15)17(25-2)11-6-4-3-5-7-11/h3-8,13-14,16-17H,9-10H2,1-2H3,(H,21,24)(H,22,23)/t13-,14+,16+,17?. The van der Waals surface area contributed by atoms with Crippen LogP contribution in [-0.2, 0) is 9.47 Å². The molecule has 2 N–H and O–H groups in total. The van der Waals surface area contributed by atoms with E-state index in [1.807, 2.05) is 30.3 Å². The highest BCUT2D eigenvalue weighted by atomic mass is 16.5. The van der Waals surface area contributed by atoms with Gasteiger partial charge in [-0.25, -0.2) is 0 Å². The molecule has 4 atom stereocenters. The molecule has 0 radical (unpaired) electrons. The van der Waals surface area contributed by atoms with E-state index in [9.17, 15) is 9.59 Å². The fourth-order valence-corrected chi connectivity index (χ4v) is 3.72. The van der Waals surface area contributed by atoms with E-state index in [0.717, 1.165) is 5.56 Å². The average molecular weight is 370 g/mol. The number of ether oxygens (including phenoxy) is 2. The molecule has 1 aromatic heterocycles. The highest BCUT2D eigenvalue weighted by molar-refractivity contribution is 5.99. The Bertz CT molecular complexity index is 837. The first-order valence-electron chi connectivity index (χ1n) is 8.96. The maximum atomic E-state index is 12.9. The molecule has 1 unspecified atom stereocenters. The molecule has 4 rings (SSSR count). The number of hydrogen-bond donors (Lipinski definition) is 2. The summed E-state index contributed by atoms with van der Waals surface area (Å²) in [5.41, 5.74) is 1.15. The third-order valence-corrected chi connectivity index (χ3v) is 5.28. The number of methoxy groups -OCH3 is 1. The Balaban J connectivity index is 1.65. The molecule has 27 heavy (non-hydrogen) atoms. The van der Waals surface area contributed by atoms with Crippen LogP contribution in [0, 0.1) is 11.8 Å². The van der Waals surface area contributed by atoms with Gasteiger partial charge in [-0.2, -0.15) is 0 Å². The molecule has 1 aliphatic heterocycles. The van der Waals surface area contributed by atoms with Crippen molar-refractivity contribution in [2.75, 3.05) is 27.4 Å². The number of carbonyl (C=O) groups excluding carboxylic acids is 2. The average Bonchev–Trinajstić information content (AvgIpc) is 3.09. The summed E-state index contributed by atoms with van der Waals surface area (Å²) >= 11 is 0. The molecule has 1 saturated heterocycles. The summed E-state index contributed by atoms with van der Waals surface area (Å²) in [6.07, 6.45) is -0.590. The number of fused-ring (bicyclic) bond motifs is 1. The minimum Gasteiger partial charge on any atom is -0.452 e. The van der Waals surface area contributed by atoms with Crippen LogP contribution in [0.4, 0.5) is 0 Å². The van der Waals surface area contributed by atoms with Crippen molar-refractivity contribution >= 4 is 11.8 Å². The summed E-state index contributed by atoms with van der Waals surface area (Å²) in [6.45, 7) is 1.37. The second kappa shape index (κ2) is 7.17. The second-order valence-corrected chi connectivity index (χ2v) is 6.86. The van der Waals surface area contributed by atoms with Gasteiger partial charge in [0.2, 0.25) is 0 Å².